The number of hydrogen-bond acceptors (Lipinski definition) is 0. The predicted molar refractivity (Wildman–Crippen MR) is 115 cm³/mol. The normalized spacial score (nSPS) is 19.4. The van der Waals surface area contributed by atoms with Crippen LogP contribution in [0.15, 0.2) is 0 Å². The van der Waals surface area contributed by atoms with E-state index in [-0.39, 0.29) is 26.2 Å². The summed E-state index contributed by atoms with van der Waals surface area (Å²) in [6.07, 6.45) is 17.7. The van der Waals surface area contributed by atoms with Crippen molar-refractivity contribution in [2.75, 3.05) is 0 Å². The third kappa shape index (κ3) is 6.65. The van der Waals surface area contributed by atoms with Crippen LogP contribution in [-0.2, 0) is 37.0 Å². The minimum atomic E-state index is 0. The molecule has 0 aliphatic heterocycles. The molecule has 144 valence electrons. The molecular weight excluding hydrogens is 417 g/mol. The molecule has 0 amide bonds. The van der Waals surface area contributed by atoms with Crippen molar-refractivity contribution >= 4 is 14.0 Å². The van der Waals surface area contributed by atoms with Crippen molar-refractivity contribution in [3.05, 3.63) is 10.1 Å². The molecule has 2 aromatic heterocycles. The van der Waals surface area contributed by atoms with Crippen LogP contribution in [0.5, 0.6) is 0 Å². The molecule has 2 aliphatic rings. The van der Waals surface area contributed by atoms with Crippen molar-refractivity contribution in [2.24, 2.45) is 0 Å². The van der Waals surface area contributed by atoms with E-state index in [9.17, 15) is 0 Å². The van der Waals surface area contributed by atoms with E-state index in [0.29, 0.717) is 24.9 Å². The molecule has 0 bridgehead atoms. The Balaban J connectivity index is 0.000000233. The molecule has 2 saturated carbocycles. The molecule has 2 aromatic rings. The van der Waals surface area contributed by atoms with E-state index in [1.807, 2.05) is 10.1 Å². The van der Waals surface area contributed by atoms with Crippen molar-refractivity contribution in [3.8, 4) is 0 Å². The summed E-state index contributed by atoms with van der Waals surface area (Å²) in [4.78, 5) is 0. The summed E-state index contributed by atoms with van der Waals surface area (Å²) in [5.74, 6) is 0. The number of rotatable bonds is 4. The zero-order valence-corrected chi connectivity index (χ0v) is 22.1. The Morgan fingerprint density at radius 3 is 0.920 bits per heavy atom. The second-order valence-corrected chi connectivity index (χ2v) is 15.4. The molecule has 2 fully saturated rings. The van der Waals surface area contributed by atoms with Gasteiger partial charge in [-0.25, -0.2) is 0 Å². The smallest absolute Gasteiger partial charge is 0.461 e. The van der Waals surface area contributed by atoms with Gasteiger partial charge < -0.3 is 24.1 Å². The maximum Gasteiger partial charge on any atom is 2.00 e. The Morgan fingerprint density at radius 1 is 0.560 bits per heavy atom. The summed E-state index contributed by atoms with van der Waals surface area (Å²) in [5.41, 5.74) is 1.15. The first-order chi connectivity index (χ1) is 11.4. The van der Waals surface area contributed by atoms with Gasteiger partial charge in [-0.2, -0.15) is 0 Å². The van der Waals surface area contributed by atoms with Crippen molar-refractivity contribution in [1.82, 2.24) is 0 Å². The van der Waals surface area contributed by atoms with Gasteiger partial charge in [0, 0.05) is 0 Å². The van der Waals surface area contributed by atoms with Gasteiger partial charge in [0.05, 0.1) is 0 Å². The zero-order chi connectivity index (χ0) is 17.8. The summed E-state index contributed by atoms with van der Waals surface area (Å²) in [6, 6.07) is 0. The summed E-state index contributed by atoms with van der Waals surface area (Å²) >= 11 is 0. The Bertz CT molecular complexity index is 459. The molecule has 3 heteroatoms. The molecule has 0 spiro atoms. The molecule has 4 rings (SSSR count). The fourth-order valence-corrected chi connectivity index (χ4v) is 14.7. The summed E-state index contributed by atoms with van der Waals surface area (Å²) in [7, 11) is 0.760. The van der Waals surface area contributed by atoms with Crippen LogP contribution in [0.2, 0.25) is 0 Å². The maximum atomic E-state index is 2.44. The van der Waals surface area contributed by atoms with Crippen molar-refractivity contribution < 1.29 is 26.2 Å². The van der Waals surface area contributed by atoms with E-state index < -0.39 is 0 Å². The van der Waals surface area contributed by atoms with Gasteiger partial charge in [0.25, 0.3) is 0 Å². The third-order valence-electron chi connectivity index (χ3n) is 6.40. The van der Waals surface area contributed by atoms with Gasteiger partial charge in [0.2, 0.25) is 0 Å². The third-order valence-corrected chi connectivity index (χ3v) is 14.9. The number of fused-ring (bicyclic) bond motifs is 1. The molecular formula is C22H42P2Zr. The van der Waals surface area contributed by atoms with Crippen LogP contribution >= 0.6 is 14.0 Å². The quantitative estimate of drug-likeness (QED) is 0.399. The molecule has 0 atom stereocenters. The molecule has 0 aromatic carbocycles. The van der Waals surface area contributed by atoms with E-state index >= 15 is 0 Å². The fourth-order valence-electron chi connectivity index (χ4n) is 3.68. The topological polar surface area (TPSA) is 0 Å². The Labute approximate surface area is 179 Å². The van der Waals surface area contributed by atoms with E-state index in [0.717, 1.165) is 0 Å². The molecule has 0 saturated heterocycles. The van der Waals surface area contributed by atoms with Gasteiger partial charge in [-0.3, -0.25) is 0 Å². The number of hydrogen-bond donors (Lipinski definition) is 0. The van der Waals surface area contributed by atoms with Crippen LogP contribution < -0.4 is 0 Å². The van der Waals surface area contributed by atoms with Crippen LogP contribution in [0.25, 0.3) is 0 Å². The van der Waals surface area contributed by atoms with Gasteiger partial charge in [-0.05, 0) is 0 Å². The molecule has 0 unspecified atom stereocenters. The van der Waals surface area contributed by atoms with Crippen LogP contribution in [0.1, 0.15) is 129 Å². The fraction of sp³-hybridized carbons (Fsp3) is 0.909. The Morgan fingerprint density at radius 2 is 0.760 bits per heavy atom. The minimum absolute atomic E-state index is 0. The van der Waals surface area contributed by atoms with Gasteiger partial charge in [-0.1, -0.05) is 119 Å². The first kappa shape index (κ1) is 24.3. The maximum absolute atomic E-state index is 2.44. The molecule has 2 heterocycles. The average Bonchev–Trinajstić information content (AvgIpc) is 3.21. The predicted octanol–water partition coefficient (Wildman–Crippen LogP) is 9.56. The molecule has 0 radical (unpaired) electrons. The summed E-state index contributed by atoms with van der Waals surface area (Å²) in [6.45, 7) is 14.4. The first-order valence-electron chi connectivity index (χ1n) is 10.7. The monoisotopic (exact) mass is 458 g/mol. The van der Waals surface area contributed by atoms with Crippen LogP contribution in [0.3, 0.4) is 0 Å². The van der Waals surface area contributed by atoms with Gasteiger partial charge in [0.15, 0.2) is 0 Å². The van der Waals surface area contributed by atoms with E-state index in [1.165, 1.54) is 77.0 Å². The van der Waals surface area contributed by atoms with E-state index in [2.05, 4.69) is 41.5 Å². The van der Waals surface area contributed by atoms with Gasteiger partial charge in [-0.15, -0.1) is 10.8 Å². The molecule has 0 nitrogen and oxygen atoms in total. The van der Waals surface area contributed by atoms with E-state index in [1.54, 1.807) is 0 Å². The SMILES string of the molecule is C1CCCC1.C1CCCC1.CCC(C)(C)[c-]1p2[c-](C(C)(C)CC)p12.[Zr+2]. The molecule has 2 aliphatic carbocycles. The van der Waals surface area contributed by atoms with Crippen molar-refractivity contribution in [3.63, 3.8) is 0 Å². The van der Waals surface area contributed by atoms with Crippen molar-refractivity contribution in [2.45, 2.75) is 129 Å². The average molecular weight is 460 g/mol. The zero-order valence-electron chi connectivity index (χ0n) is 17.9. The van der Waals surface area contributed by atoms with E-state index in [4.69, 9.17) is 0 Å². The minimum Gasteiger partial charge on any atom is -0.461 e. The first-order valence-corrected chi connectivity index (χ1v) is 14.1. The van der Waals surface area contributed by atoms with Gasteiger partial charge in [0.1, 0.15) is 0 Å². The standard InChI is InChI=1S/C12H22P2.2C5H10.Zr/c1-7-11(3,4)9-13-10(14(9)13)12(5,6)8-2;2*1-2-4-5-3-1;/h7-8H2,1-6H3;2*1-5H2;/q-2;;;+2. The van der Waals surface area contributed by atoms with Gasteiger partial charge >= 0.3 is 26.2 Å². The molecule has 25 heavy (non-hydrogen) atoms. The van der Waals surface area contributed by atoms with Crippen LogP contribution in [0, 0.1) is 0 Å². The summed E-state index contributed by atoms with van der Waals surface area (Å²) < 4.78 is 0. The second-order valence-electron chi connectivity index (χ2n) is 9.28. The second kappa shape index (κ2) is 10.7. The van der Waals surface area contributed by atoms with Crippen LogP contribution in [-0.4, -0.2) is 0 Å². The summed E-state index contributed by atoms with van der Waals surface area (Å²) in [5, 5.41) is 3.98. The molecule has 0 N–H and O–H groups in total. The Hall–Kier alpha value is 1.22. The van der Waals surface area contributed by atoms with Crippen LogP contribution in [0.4, 0.5) is 0 Å². The van der Waals surface area contributed by atoms with Crippen molar-refractivity contribution in [1.29, 1.82) is 0 Å². The largest absolute Gasteiger partial charge is 2.00 e. The Kier molecular flexibility index (Phi) is 10.4.